The van der Waals surface area contributed by atoms with Crippen molar-refractivity contribution in [3.05, 3.63) is 17.7 Å². The van der Waals surface area contributed by atoms with Crippen molar-refractivity contribution in [3.63, 3.8) is 0 Å². The van der Waals surface area contributed by atoms with E-state index >= 15 is 0 Å². The SMILES string of the molecule is CCc1ccc2[nH]c(N3CCNCC3)nc2c1OC(N)=O. The molecule has 0 unspecified atom stereocenters. The fraction of sp³-hybridized carbons (Fsp3) is 0.429. The van der Waals surface area contributed by atoms with Crippen LogP contribution in [0.15, 0.2) is 12.1 Å². The molecule has 1 aliphatic heterocycles. The first-order valence-corrected chi connectivity index (χ1v) is 7.13. The van der Waals surface area contributed by atoms with Crippen LogP contribution in [0.3, 0.4) is 0 Å². The van der Waals surface area contributed by atoms with Crippen molar-refractivity contribution in [1.29, 1.82) is 0 Å². The summed E-state index contributed by atoms with van der Waals surface area (Å²) in [6, 6.07) is 3.89. The molecule has 1 saturated heterocycles. The van der Waals surface area contributed by atoms with Crippen LogP contribution in [0.1, 0.15) is 12.5 Å². The minimum atomic E-state index is -0.816. The van der Waals surface area contributed by atoms with E-state index in [9.17, 15) is 4.79 Å². The number of nitrogens with zero attached hydrogens (tertiary/aromatic N) is 2. The standard InChI is InChI=1S/C14H19N5O2/c1-2-9-3-4-10-11(12(9)21-13(15)20)18-14(17-10)19-7-5-16-6-8-19/h3-4,16H,2,5-8H2,1H3,(H2,15,20)(H,17,18). The second kappa shape index (κ2) is 5.61. The highest BCUT2D eigenvalue weighted by Crippen LogP contribution is 2.30. The zero-order valence-electron chi connectivity index (χ0n) is 12.0. The van der Waals surface area contributed by atoms with E-state index in [0.29, 0.717) is 11.3 Å². The topological polar surface area (TPSA) is 96.3 Å². The number of hydrogen-bond donors (Lipinski definition) is 3. The first kappa shape index (κ1) is 13.7. The zero-order valence-corrected chi connectivity index (χ0v) is 12.0. The summed E-state index contributed by atoms with van der Waals surface area (Å²) in [6.07, 6.45) is -0.0714. The van der Waals surface area contributed by atoms with E-state index < -0.39 is 6.09 Å². The summed E-state index contributed by atoms with van der Waals surface area (Å²) in [4.78, 5) is 21.2. The molecule has 7 heteroatoms. The number of piperazine rings is 1. The maximum atomic E-state index is 11.1. The number of aromatic nitrogens is 2. The first-order valence-electron chi connectivity index (χ1n) is 7.13. The van der Waals surface area contributed by atoms with Gasteiger partial charge in [-0.05, 0) is 18.1 Å². The molecule has 0 radical (unpaired) electrons. The van der Waals surface area contributed by atoms with E-state index in [1.807, 2.05) is 19.1 Å². The van der Waals surface area contributed by atoms with Crippen LogP contribution in [-0.4, -0.2) is 42.2 Å². The molecule has 0 saturated carbocycles. The molecule has 7 nitrogen and oxygen atoms in total. The Morgan fingerprint density at radius 2 is 2.19 bits per heavy atom. The molecule has 0 atom stereocenters. The highest BCUT2D eigenvalue weighted by Gasteiger charge is 2.18. The monoisotopic (exact) mass is 289 g/mol. The number of aryl methyl sites for hydroxylation is 1. The number of anilines is 1. The fourth-order valence-corrected chi connectivity index (χ4v) is 2.60. The lowest BCUT2D eigenvalue weighted by molar-refractivity contribution is 0.211. The average Bonchev–Trinajstić information content (AvgIpc) is 2.92. The molecule has 4 N–H and O–H groups in total. The molecule has 0 aliphatic carbocycles. The zero-order chi connectivity index (χ0) is 14.8. The number of carbonyl (C=O) groups excluding carboxylic acids is 1. The second-order valence-electron chi connectivity index (χ2n) is 5.02. The molecule has 112 valence electrons. The van der Waals surface area contributed by atoms with Crippen LogP contribution in [0.4, 0.5) is 10.7 Å². The third kappa shape index (κ3) is 2.64. The summed E-state index contributed by atoms with van der Waals surface area (Å²) >= 11 is 0. The number of hydrogen-bond acceptors (Lipinski definition) is 5. The minimum absolute atomic E-state index is 0.458. The summed E-state index contributed by atoms with van der Waals surface area (Å²) in [5, 5.41) is 3.30. The number of aromatic amines is 1. The Hall–Kier alpha value is -2.28. The van der Waals surface area contributed by atoms with Gasteiger partial charge in [-0.15, -0.1) is 0 Å². The van der Waals surface area contributed by atoms with Gasteiger partial charge in [0.05, 0.1) is 5.52 Å². The predicted octanol–water partition coefficient (Wildman–Crippen LogP) is 0.992. The van der Waals surface area contributed by atoms with Crippen molar-refractivity contribution < 1.29 is 9.53 Å². The van der Waals surface area contributed by atoms with Gasteiger partial charge in [-0.2, -0.15) is 0 Å². The molecule has 1 aromatic carbocycles. The van der Waals surface area contributed by atoms with Gasteiger partial charge in [0.25, 0.3) is 0 Å². The molecule has 21 heavy (non-hydrogen) atoms. The van der Waals surface area contributed by atoms with E-state index in [-0.39, 0.29) is 0 Å². The summed E-state index contributed by atoms with van der Waals surface area (Å²) in [5.41, 5.74) is 7.59. The number of ether oxygens (including phenoxy) is 1. The largest absolute Gasteiger partial charge is 0.410 e. The number of nitrogens with one attached hydrogen (secondary N) is 2. The van der Waals surface area contributed by atoms with Gasteiger partial charge in [0.2, 0.25) is 5.95 Å². The van der Waals surface area contributed by atoms with E-state index in [1.54, 1.807) is 0 Å². The molecule has 3 rings (SSSR count). The molecule has 1 aliphatic rings. The van der Waals surface area contributed by atoms with Gasteiger partial charge in [0.15, 0.2) is 5.75 Å². The van der Waals surface area contributed by atoms with Crippen LogP contribution in [0.5, 0.6) is 5.75 Å². The Morgan fingerprint density at radius 3 is 2.86 bits per heavy atom. The highest BCUT2D eigenvalue weighted by atomic mass is 16.5. The van der Waals surface area contributed by atoms with Crippen molar-refractivity contribution in [2.75, 3.05) is 31.1 Å². The normalized spacial score (nSPS) is 15.4. The first-order chi connectivity index (χ1) is 10.2. The Kier molecular flexibility index (Phi) is 3.66. The van der Waals surface area contributed by atoms with Crippen molar-refractivity contribution in [2.45, 2.75) is 13.3 Å². The second-order valence-corrected chi connectivity index (χ2v) is 5.02. The fourth-order valence-electron chi connectivity index (χ4n) is 2.60. The molecule has 1 aromatic heterocycles. The van der Waals surface area contributed by atoms with Gasteiger partial charge in [-0.1, -0.05) is 13.0 Å². The van der Waals surface area contributed by atoms with Crippen molar-refractivity contribution in [3.8, 4) is 5.75 Å². The predicted molar refractivity (Wildman–Crippen MR) is 80.8 cm³/mol. The Bertz CT molecular complexity index is 661. The van der Waals surface area contributed by atoms with Crippen LogP contribution in [0, 0.1) is 0 Å². The van der Waals surface area contributed by atoms with Gasteiger partial charge in [0, 0.05) is 26.2 Å². The van der Waals surface area contributed by atoms with E-state index in [0.717, 1.165) is 49.6 Å². The maximum absolute atomic E-state index is 11.1. The average molecular weight is 289 g/mol. The lowest BCUT2D eigenvalue weighted by Crippen LogP contribution is -2.44. The number of carbonyl (C=O) groups is 1. The molecule has 0 spiro atoms. The number of benzene rings is 1. The molecular formula is C14H19N5O2. The van der Waals surface area contributed by atoms with Crippen LogP contribution < -0.4 is 20.7 Å². The molecule has 1 fully saturated rings. The van der Waals surface area contributed by atoms with Crippen LogP contribution in [0.25, 0.3) is 11.0 Å². The number of imidazole rings is 1. The summed E-state index contributed by atoms with van der Waals surface area (Å²) in [5.74, 6) is 1.26. The number of primary amides is 1. The van der Waals surface area contributed by atoms with Gasteiger partial charge >= 0.3 is 6.09 Å². The Labute approximate surface area is 122 Å². The Balaban J connectivity index is 2.04. The van der Waals surface area contributed by atoms with E-state index in [4.69, 9.17) is 10.5 Å². The number of H-pyrrole nitrogens is 1. The van der Waals surface area contributed by atoms with Crippen molar-refractivity contribution in [1.82, 2.24) is 15.3 Å². The number of nitrogens with two attached hydrogens (primary N) is 1. The van der Waals surface area contributed by atoms with Crippen molar-refractivity contribution in [2.24, 2.45) is 5.73 Å². The van der Waals surface area contributed by atoms with Crippen LogP contribution >= 0.6 is 0 Å². The van der Waals surface area contributed by atoms with Gasteiger partial charge in [-0.25, -0.2) is 9.78 Å². The van der Waals surface area contributed by atoms with Gasteiger partial charge in [-0.3, -0.25) is 0 Å². The summed E-state index contributed by atoms with van der Waals surface area (Å²) in [6.45, 7) is 5.65. The van der Waals surface area contributed by atoms with E-state index in [2.05, 4.69) is 20.2 Å². The molecule has 2 heterocycles. The quantitative estimate of drug-likeness (QED) is 0.783. The summed E-state index contributed by atoms with van der Waals surface area (Å²) in [7, 11) is 0. The highest BCUT2D eigenvalue weighted by molar-refractivity contribution is 5.87. The lowest BCUT2D eigenvalue weighted by atomic mass is 10.1. The van der Waals surface area contributed by atoms with Crippen LogP contribution in [0.2, 0.25) is 0 Å². The number of rotatable bonds is 3. The molecule has 0 bridgehead atoms. The van der Waals surface area contributed by atoms with Crippen molar-refractivity contribution >= 4 is 23.1 Å². The molecular weight excluding hydrogens is 270 g/mol. The van der Waals surface area contributed by atoms with Gasteiger partial charge < -0.3 is 25.7 Å². The smallest absolute Gasteiger partial charge is 0.408 e. The lowest BCUT2D eigenvalue weighted by Gasteiger charge is -2.26. The van der Waals surface area contributed by atoms with Crippen LogP contribution in [-0.2, 0) is 6.42 Å². The van der Waals surface area contributed by atoms with Gasteiger partial charge in [0.1, 0.15) is 5.52 Å². The third-order valence-corrected chi connectivity index (χ3v) is 3.68. The molecule has 1 amide bonds. The number of amides is 1. The maximum Gasteiger partial charge on any atom is 0.410 e. The Morgan fingerprint density at radius 1 is 1.43 bits per heavy atom. The molecule has 2 aromatic rings. The third-order valence-electron chi connectivity index (χ3n) is 3.68. The summed E-state index contributed by atoms with van der Waals surface area (Å²) < 4.78 is 5.18. The number of fused-ring (bicyclic) bond motifs is 1. The minimum Gasteiger partial charge on any atom is -0.408 e. The van der Waals surface area contributed by atoms with E-state index in [1.165, 1.54) is 0 Å².